The van der Waals surface area contributed by atoms with Gasteiger partial charge in [-0.25, -0.2) is 4.79 Å². The Balaban J connectivity index is 1.71. The van der Waals surface area contributed by atoms with Gasteiger partial charge in [0.15, 0.2) is 11.0 Å². The molecule has 0 aliphatic heterocycles. The first-order valence-electron chi connectivity index (χ1n) is 11.5. The van der Waals surface area contributed by atoms with Crippen LogP contribution in [0.15, 0.2) is 63.1 Å². The predicted molar refractivity (Wildman–Crippen MR) is 149 cm³/mol. The van der Waals surface area contributed by atoms with Crippen molar-refractivity contribution in [2.24, 2.45) is 0 Å². The van der Waals surface area contributed by atoms with Crippen LogP contribution in [0.3, 0.4) is 0 Å². The van der Waals surface area contributed by atoms with E-state index in [1.807, 2.05) is 67.8 Å². The molecule has 8 nitrogen and oxygen atoms in total. The van der Waals surface area contributed by atoms with Crippen LogP contribution in [0.25, 0.3) is 23.2 Å². The second-order valence-electron chi connectivity index (χ2n) is 8.21. The largest absolute Gasteiger partial charge is 0.497 e. The maximum atomic E-state index is 12.3. The number of aryl methyl sites for hydroxylation is 1. The Kier molecular flexibility index (Phi) is 8.09. The smallest absolute Gasteiger partial charge is 0.342 e. The van der Waals surface area contributed by atoms with Crippen LogP contribution in [-0.4, -0.2) is 44.6 Å². The summed E-state index contributed by atoms with van der Waals surface area (Å²) < 4.78 is 15.8. The van der Waals surface area contributed by atoms with E-state index in [1.165, 1.54) is 0 Å². The molecule has 0 fully saturated rings. The number of benzene rings is 2. The quantitative estimate of drug-likeness (QED) is 0.181. The van der Waals surface area contributed by atoms with Crippen molar-refractivity contribution in [3.05, 3.63) is 74.9 Å². The molecule has 0 saturated carbocycles. The highest BCUT2D eigenvalue weighted by Gasteiger charge is 2.20. The molecule has 37 heavy (non-hydrogen) atoms. The number of thioether (sulfide) groups is 1. The molecule has 0 saturated heterocycles. The summed E-state index contributed by atoms with van der Waals surface area (Å²) in [5.41, 5.74) is 4.54. The maximum Gasteiger partial charge on any atom is 0.342 e. The Morgan fingerprint density at radius 1 is 1.05 bits per heavy atom. The molecule has 4 aromatic rings. The van der Waals surface area contributed by atoms with E-state index < -0.39 is 5.97 Å². The number of methoxy groups -OCH3 is 2. The Hall–Kier alpha value is -3.50. The number of halogens is 1. The van der Waals surface area contributed by atoms with Gasteiger partial charge in [-0.2, -0.15) is 0 Å². The van der Waals surface area contributed by atoms with Crippen LogP contribution in [0.5, 0.6) is 11.5 Å². The first kappa shape index (κ1) is 26.6. The Morgan fingerprint density at radius 3 is 2.27 bits per heavy atom. The normalized spacial score (nSPS) is 11.6. The van der Waals surface area contributed by atoms with Crippen molar-refractivity contribution in [3.8, 4) is 28.6 Å². The summed E-state index contributed by atoms with van der Waals surface area (Å²) in [6.07, 6.45) is 1.69. The number of hydrogen-bond donors (Lipinski definition) is 1. The summed E-state index contributed by atoms with van der Waals surface area (Å²) in [7, 11) is 3.17. The standard InChI is InChI=1S/C27H27BrN4O4S/c1-6-31-25(19-12-22(35-4)15-23(13-19)36-5)29-30-27(31)37-24(26(33)34)14-18-11-16(2)32(17(18)3)21-9-7-20(28)8-10-21/h7-15H,6H2,1-5H3,(H,33,34)/b24-14-. The van der Waals surface area contributed by atoms with Crippen molar-refractivity contribution in [1.82, 2.24) is 19.3 Å². The SMILES string of the molecule is CCn1c(S/C(=C\c2cc(C)n(-c3ccc(Br)cc3)c2C)C(=O)O)nnc1-c1cc(OC)cc(OC)c1. The molecule has 0 radical (unpaired) electrons. The monoisotopic (exact) mass is 582 g/mol. The van der Waals surface area contributed by atoms with Crippen molar-refractivity contribution >= 4 is 39.7 Å². The molecule has 0 aliphatic carbocycles. The molecule has 0 amide bonds. The van der Waals surface area contributed by atoms with Gasteiger partial charge in [-0.05, 0) is 86.6 Å². The minimum Gasteiger partial charge on any atom is -0.497 e. The van der Waals surface area contributed by atoms with E-state index in [4.69, 9.17) is 9.47 Å². The Labute approximate surface area is 228 Å². The van der Waals surface area contributed by atoms with Crippen molar-refractivity contribution in [2.75, 3.05) is 14.2 Å². The molecule has 2 aromatic carbocycles. The summed E-state index contributed by atoms with van der Waals surface area (Å²) in [4.78, 5) is 12.4. The van der Waals surface area contributed by atoms with Gasteiger partial charge in [0, 0.05) is 39.7 Å². The number of carboxylic acids is 1. The summed E-state index contributed by atoms with van der Waals surface area (Å²) >= 11 is 4.54. The highest BCUT2D eigenvalue weighted by atomic mass is 79.9. The van der Waals surface area contributed by atoms with Crippen LogP contribution < -0.4 is 9.47 Å². The molecule has 10 heteroatoms. The summed E-state index contributed by atoms with van der Waals surface area (Å²) in [6.45, 7) is 6.50. The van der Waals surface area contributed by atoms with E-state index in [-0.39, 0.29) is 4.91 Å². The molecular formula is C27H27BrN4O4S. The number of carboxylic acid groups (broad SMARTS) is 1. The van der Waals surface area contributed by atoms with Gasteiger partial charge in [0.05, 0.1) is 14.2 Å². The Morgan fingerprint density at radius 2 is 1.70 bits per heavy atom. The van der Waals surface area contributed by atoms with Gasteiger partial charge in [-0.15, -0.1) is 10.2 Å². The van der Waals surface area contributed by atoms with Crippen LogP contribution in [0.4, 0.5) is 0 Å². The molecule has 0 atom stereocenters. The lowest BCUT2D eigenvalue weighted by Gasteiger charge is -2.11. The molecule has 2 heterocycles. The lowest BCUT2D eigenvalue weighted by molar-refractivity contribution is -0.131. The number of rotatable bonds is 9. The van der Waals surface area contributed by atoms with Gasteiger partial charge in [-0.3, -0.25) is 0 Å². The topological polar surface area (TPSA) is 91.4 Å². The van der Waals surface area contributed by atoms with Gasteiger partial charge >= 0.3 is 5.97 Å². The fourth-order valence-corrected chi connectivity index (χ4v) is 5.24. The third-order valence-electron chi connectivity index (χ3n) is 5.90. The third-order valence-corrected chi connectivity index (χ3v) is 7.42. The lowest BCUT2D eigenvalue weighted by atomic mass is 10.2. The van der Waals surface area contributed by atoms with Gasteiger partial charge in [-0.1, -0.05) is 15.9 Å². The van der Waals surface area contributed by atoms with Crippen LogP contribution in [0.2, 0.25) is 0 Å². The number of ether oxygens (including phenoxy) is 2. The molecule has 1 N–H and O–H groups in total. The zero-order valence-electron chi connectivity index (χ0n) is 21.2. The highest BCUT2D eigenvalue weighted by Crippen LogP contribution is 2.34. The Bertz CT molecular complexity index is 1450. The molecular weight excluding hydrogens is 556 g/mol. The highest BCUT2D eigenvalue weighted by molar-refractivity contribution is 9.10. The third kappa shape index (κ3) is 5.60. The van der Waals surface area contributed by atoms with E-state index in [2.05, 4.69) is 30.7 Å². The lowest BCUT2D eigenvalue weighted by Crippen LogP contribution is -2.03. The molecule has 0 unspecified atom stereocenters. The van der Waals surface area contributed by atoms with Gasteiger partial charge in [0.1, 0.15) is 16.4 Å². The van der Waals surface area contributed by atoms with E-state index in [1.54, 1.807) is 26.4 Å². The number of hydrogen-bond acceptors (Lipinski definition) is 6. The fraction of sp³-hybridized carbons (Fsp3) is 0.222. The van der Waals surface area contributed by atoms with E-state index in [0.29, 0.717) is 29.0 Å². The number of aromatic nitrogens is 4. The predicted octanol–water partition coefficient (Wildman–Crippen LogP) is 6.37. The number of carbonyl (C=O) groups is 1. The van der Waals surface area contributed by atoms with Gasteiger partial charge in [0.2, 0.25) is 0 Å². The van der Waals surface area contributed by atoms with Crippen molar-refractivity contribution in [2.45, 2.75) is 32.5 Å². The minimum atomic E-state index is -1.03. The average molecular weight is 584 g/mol. The zero-order valence-corrected chi connectivity index (χ0v) is 23.6. The summed E-state index contributed by atoms with van der Waals surface area (Å²) in [5.74, 6) is 0.817. The number of aliphatic carboxylic acids is 1. The molecule has 0 bridgehead atoms. The first-order chi connectivity index (χ1) is 17.7. The fourth-order valence-electron chi connectivity index (χ4n) is 4.10. The van der Waals surface area contributed by atoms with Crippen LogP contribution in [-0.2, 0) is 11.3 Å². The van der Waals surface area contributed by atoms with Crippen LogP contribution >= 0.6 is 27.7 Å². The van der Waals surface area contributed by atoms with Crippen molar-refractivity contribution in [1.29, 1.82) is 0 Å². The van der Waals surface area contributed by atoms with Gasteiger partial charge in [0.25, 0.3) is 0 Å². The van der Waals surface area contributed by atoms with Crippen molar-refractivity contribution in [3.63, 3.8) is 0 Å². The average Bonchev–Trinajstić information content (AvgIpc) is 3.43. The van der Waals surface area contributed by atoms with Gasteiger partial charge < -0.3 is 23.7 Å². The molecule has 4 rings (SSSR count). The first-order valence-corrected chi connectivity index (χ1v) is 13.1. The maximum absolute atomic E-state index is 12.3. The molecule has 192 valence electrons. The number of nitrogens with zero attached hydrogens (tertiary/aromatic N) is 4. The second kappa shape index (κ2) is 11.3. The molecule has 0 spiro atoms. The zero-order chi connectivity index (χ0) is 26.7. The summed E-state index contributed by atoms with van der Waals surface area (Å²) in [6, 6.07) is 15.5. The molecule has 0 aliphatic rings. The molecule has 2 aromatic heterocycles. The minimum absolute atomic E-state index is 0.146. The van der Waals surface area contributed by atoms with Crippen LogP contribution in [0, 0.1) is 13.8 Å². The van der Waals surface area contributed by atoms with E-state index >= 15 is 0 Å². The van der Waals surface area contributed by atoms with Crippen molar-refractivity contribution < 1.29 is 19.4 Å². The summed E-state index contributed by atoms with van der Waals surface area (Å²) in [5, 5.41) is 19.2. The van der Waals surface area contributed by atoms with E-state index in [0.717, 1.165) is 44.4 Å². The van der Waals surface area contributed by atoms with E-state index in [9.17, 15) is 9.90 Å². The second-order valence-corrected chi connectivity index (χ2v) is 10.1. The van der Waals surface area contributed by atoms with Crippen LogP contribution in [0.1, 0.15) is 23.9 Å².